The van der Waals surface area contributed by atoms with Gasteiger partial charge in [0.2, 0.25) is 15.9 Å². The number of imidazole rings is 1. The van der Waals surface area contributed by atoms with Gasteiger partial charge in [-0.2, -0.15) is 13.2 Å². The maximum atomic E-state index is 12.6. The summed E-state index contributed by atoms with van der Waals surface area (Å²) in [4.78, 5) is 17.7. The van der Waals surface area contributed by atoms with E-state index < -0.39 is 28.7 Å². The van der Waals surface area contributed by atoms with Crippen LogP contribution in [0.2, 0.25) is 0 Å². The number of aryl methyl sites for hydroxylation is 1. The minimum absolute atomic E-state index is 0.0315. The van der Waals surface area contributed by atoms with Gasteiger partial charge in [-0.1, -0.05) is 6.07 Å². The molecule has 0 aliphatic rings. The van der Waals surface area contributed by atoms with Crippen molar-refractivity contribution in [3.8, 4) is 0 Å². The number of hydrogen-bond acceptors (Lipinski definition) is 5. The molecule has 0 fully saturated rings. The number of carbonyl (C=O) groups is 1. The van der Waals surface area contributed by atoms with Crippen molar-refractivity contribution < 1.29 is 26.4 Å². The molecule has 1 heterocycles. The number of benzene rings is 1. The Kier molecular flexibility index (Phi) is 7.03. The van der Waals surface area contributed by atoms with Crippen molar-refractivity contribution in [2.24, 2.45) is 0 Å². The number of nitrogens with zero attached hydrogens (tertiary/aromatic N) is 3. The van der Waals surface area contributed by atoms with E-state index in [2.05, 4.69) is 15.0 Å². The number of anilines is 1. The molecule has 29 heavy (non-hydrogen) atoms. The van der Waals surface area contributed by atoms with Crippen LogP contribution >= 0.6 is 0 Å². The molecule has 0 radical (unpaired) electrons. The summed E-state index contributed by atoms with van der Waals surface area (Å²) in [6, 6.07) is 4.48. The van der Waals surface area contributed by atoms with Crippen molar-refractivity contribution in [2.45, 2.75) is 31.1 Å². The summed E-state index contributed by atoms with van der Waals surface area (Å²) in [5, 5.41) is 2.59. The van der Waals surface area contributed by atoms with Gasteiger partial charge in [0.1, 0.15) is 12.4 Å². The Morgan fingerprint density at radius 3 is 2.62 bits per heavy atom. The highest BCUT2D eigenvalue weighted by atomic mass is 32.2. The number of sulfonamides is 1. The first-order valence-electron chi connectivity index (χ1n) is 8.50. The lowest BCUT2D eigenvalue weighted by molar-refractivity contribution is -0.141. The Bertz CT molecular complexity index is 973. The second-order valence-electron chi connectivity index (χ2n) is 6.49. The van der Waals surface area contributed by atoms with Crippen molar-refractivity contribution >= 4 is 21.6 Å². The number of hydrogen-bond donors (Lipinski definition) is 2. The van der Waals surface area contributed by atoms with Crippen molar-refractivity contribution in [1.82, 2.24) is 19.2 Å². The van der Waals surface area contributed by atoms with Gasteiger partial charge in [0.15, 0.2) is 0 Å². The lowest BCUT2D eigenvalue weighted by Crippen LogP contribution is -2.31. The van der Waals surface area contributed by atoms with Gasteiger partial charge in [0.25, 0.3) is 0 Å². The van der Waals surface area contributed by atoms with Crippen LogP contribution in [0.15, 0.2) is 35.5 Å². The predicted molar refractivity (Wildman–Crippen MR) is 101 cm³/mol. The van der Waals surface area contributed by atoms with E-state index in [1.165, 1.54) is 30.4 Å². The van der Waals surface area contributed by atoms with Crippen molar-refractivity contribution in [1.29, 1.82) is 0 Å². The number of alkyl halides is 3. The summed E-state index contributed by atoms with van der Waals surface area (Å²) < 4.78 is 65.0. The van der Waals surface area contributed by atoms with Crippen molar-refractivity contribution in [3.05, 3.63) is 42.0 Å². The fraction of sp³-hybridized carbons (Fsp3) is 0.412. The average Bonchev–Trinajstić information content (AvgIpc) is 3.01. The third kappa shape index (κ3) is 6.54. The molecule has 8 nitrogen and oxygen atoms in total. The Morgan fingerprint density at radius 1 is 1.31 bits per heavy atom. The van der Waals surface area contributed by atoms with Crippen LogP contribution in [0.5, 0.6) is 0 Å². The molecule has 2 aromatic rings. The van der Waals surface area contributed by atoms with Gasteiger partial charge in [-0.3, -0.25) is 9.69 Å². The van der Waals surface area contributed by atoms with E-state index in [1.54, 1.807) is 26.1 Å². The second kappa shape index (κ2) is 8.93. The van der Waals surface area contributed by atoms with Gasteiger partial charge in [-0.25, -0.2) is 18.1 Å². The van der Waals surface area contributed by atoms with Crippen LogP contribution < -0.4 is 10.0 Å². The maximum absolute atomic E-state index is 12.6. The van der Waals surface area contributed by atoms with Crippen LogP contribution in [-0.2, 0) is 27.9 Å². The largest absolute Gasteiger partial charge is 0.406 e. The first-order chi connectivity index (χ1) is 13.4. The average molecular weight is 433 g/mol. The van der Waals surface area contributed by atoms with Gasteiger partial charge in [0.05, 0.1) is 18.0 Å². The summed E-state index contributed by atoms with van der Waals surface area (Å²) in [6.07, 6.45) is -1.87. The minimum atomic E-state index is -4.37. The molecule has 0 bridgehead atoms. The molecular weight excluding hydrogens is 411 g/mol. The summed E-state index contributed by atoms with van der Waals surface area (Å²) in [6.45, 7) is 0.381. The van der Waals surface area contributed by atoms with Crippen LogP contribution in [0.3, 0.4) is 0 Å². The molecule has 0 aliphatic carbocycles. The molecule has 1 aromatic carbocycles. The number of amides is 1. The fourth-order valence-corrected chi connectivity index (χ4v) is 3.64. The number of rotatable bonds is 8. The van der Waals surface area contributed by atoms with E-state index >= 15 is 0 Å². The monoisotopic (exact) mass is 433 g/mol. The number of likely N-dealkylation sites (N-methyl/N-ethyl adjacent to an activating group) is 1. The minimum Gasteiger partial charge on any atom is -0.325 e. The molecule has 2 rings (SSSR count). The summed E-state index contributed by atoms with van der Waals surface area (Å²) in [7, 11) is -0.822. The first-order valence-corrected chi connectivity index (χ1v) is 9.99. The van der Waals surface area contributed by atoms with Crippen molar-refractivity contribution in [2.75, 3.05) is 26.0 Å². The maximum Gasteiger partial charge on any atom is 0.406 e. The highest BCUT2D eigenvalue weighted by Gasteiger charge is 2.29. The Morgan fingerprint density at radius 2 is 2.00 bits per heavy atom. The van der Waals surface area contributed by atoms with Crippen LogP contribution in [0.1, 0.15) is 11.4 Å². The molecule has 0 saturated carbocycles. The number of aromatic nitrogens is 2. The molecule has 12 heteroatoms. The number of carbonyl (C=O) groups excluding carboxylic acids is 1. The Hall–Kier alpha value is -2.44. The summed E-state index contributed by atoms with van der Waals surface area (Å²) in [5.41, 5.74) is 0.812. The van der Waals surface area contributed by atoms with E-state index in [4.69, 9.17) is 0 Å². The zero-order chi connectivity index (χ0) is 21.8. The SMILES string of the molecule is CNS(=O)(=O)c1cc(NC(=O)CN(C)Cc2nccn2CC(F)(F)F)ccc1C. The van der Waals surface area contributed by atoms with E-state index in [0.29, 0.717) is 11.3 Å². The van der Waals surface area contributed by atoms with Crippen LogP contribution in [-0.4, -0.2) is 55.6 Å². The van der Waals surface area contributed by atoms with Gasteiger partial charge >= 0.3 is 6.18 Å². The second-order valence-corrected chi connectivity index (χ2v) is 8.35. The fourth-order valence-electron chi connectivity index (χ4n) is 2.65. The molecule has 1 amide bonds. The van der Waals surface area contributed by atoms with E-state index in [1.807, 2.05) is 0 Å². The van der Waals surface area contributed by atoms with Crippen LogP contribution in [0, 0.1) is 6.92 Å². The highest BCUT2D eigenvalue weighted by molar-refractivity contribution is 7.89. The third-order valence-electron chi connectivity index (χ3n) is 4.01. The molecule has 0 aliphatic heterocycles. The van der Waals surface area contributed by atoms with Crippen molar-refractivity contribution in [3.63, 3.8) is 0 Å². The normalized spacial score (nSPS) is 12.4. The molecule has 2 N–H and O–H groups in total. The molecule has 0 unspecified atom stereocenters. The van der Waals surface area contributed by atoms with Crippen LogP contribution in [0.25, 0.3) is 0 Å². The van der Waals surface area contributed by atoms with E-state index in [-0.39, 0.29) is 23.8 Å². The third-order valence-corrected chi connectivity index (χ3v) is 5.56. The topological polar surface area (TPSA) is 96.3 Å². The molecule has 0 atom stereocenters. The zero-order valence-electron chi connectivity index (χ0n) is 16.1. The molecule has 0 spiro atoms. The molecule has 0 saturated heterocycles. The smallest absolute Gasteiger partial charge is 0.325 e. The summed E-state index contributed by atoms with van der Waals surface area (Å²) >= 11 is 0. The van der Waals surface area contributed by atoms with Gasteiger partial charge in [0, 0.05) is 18.1 Å². The Labute approximate surface area is 166 Å². The van der Waals surface area contributed by atoms with Gasteiger partial charge in [-0.05, 0) is 38.7 Å². The number of halogens is 3. The zero-order valence-corrected chi connectivity index (χ0v) is 16.9. The quantitative estimate of drug-likeness (QED) is 0.661. The van der Waals surface area contributed by atoms with Gasteiger partial charge < -0.3 is 9.88 Å². The van der Waals surface area contributed by atoms with E-state index in [9.17, 15) is 26.4 Å². The lowest BCUT2D eigenvalue weighted by atomic mass is 10.2. The van der Waals surface area contributed by atoms with E-state index in [0.717, 1.165) is 4.57 Å². The lowest BCUT2D eigenvalue weighted by Gasteiger charge is -2.18. The molecule has 1 aromatic heterocycles. The highest BCUT2D eigenvalue weighted by Crippen LogP contribution is 2.20. The molecular formula is C17H22F3N5O3S. The predicted octanol–water partition coefficient (Wildman–Crippen LogP) is 1.73. The van der Waals surface area contributed by atoms with Crippen LogP contribution in [0.4, 0.5) is 18.9 Å². The first kappa shape index (κ1) is 22.8. The summed E-state index contributed by atoms with van der Waals surface area (Å²) in [5.74, 6) is -0.270. The molecule has 160 valence electrons. The Balaban J connectivity index is 2.02. The number of nitrogens with one attached hydrogen (secondary N) is 2. The van der Waals surface area contributed by atoms with Gasteiger partial charge in [-0.15, -0.1) is 0 Å². The standard InChI is InChI=1S/C17H22F3N5O3S/c1-12-4-5-13(8-14(12)29(27,28)21-2)23-16(26)10-24(3)9-15-22-6-7-25(15)11-17(18,19)20/h4-8,21H,9-11H2,1-3H3,(H,23,26).